The number of para-hydroxylation sites is 1. The van der Waals surface area contributed by atoms with Crippen LogP contribution >= 0.6 is 35.0 Å². The Bertz CT molecular complexity index is 1150. The standard InChI is InChI=1S/C23H25Cl2N3O3S/c1-3-31-12-6-11-28-22(30)18-7-4-5-8-20(18)27-23(28)32-14-21(29)26-15(2)17-10-9-16(24)13-19(17)25/h4-5,7-10,13,15H,3,6,11-12,14H2,1-2H3,(H,26,29). The fourth-order valence-corrected chi connectivity index (χ4v) is 4.68. The van der Waals surface area contributed by atoms with Gasteiger partial charge in [-0.05, 0) is 50.1 Å². The number of hydrogen-bond donors (Lipinski definition) is 1. The largest absolute Gasteiger partial charge is 0.382 e. The third-order valence-electron chi connectivity index (χ3n) is 4.84. The number of benzene rings is 2. The highest BCUT2D eigenvalue weighted by molar-refractivity contribution is 7.99. The lowest BCUT2D eigenvalue weighted by Crippen LogP contribution is -2.29. The Morgan fingerprint density at radius 3 is 2.78 bits per heavy atom. The van der Waals surface area contributed by atoms with E-state index >= 15 is 0 Å². The van der Waals surface area contributed by atoms with E-state index in [0.29, 0.717) is 52.3 Å². The maximum atomic E-state index is 13.0. The van der Waals surface area contributed by atoms with Gasteiger partial charge in [0.1, 0.15) is 0 Å². The summed E-state index contributed by atoms with van der Waals surface area (Å²) in [5, 5.41) is 5.04. The molecule has 1 amide bonds. The lowest BCUT2D eigenvalue weighted by Gasteiger charge is -2.17. The van der Waals surface area contributed by atoms with Gasteiger partial charge in [0.15, 0.2) is 5.16 Å². The lowest BCUT2D eigenvalue weighted by molar-refractivity contribution is -0.119. The van der Waals surface area contributed by atoms with Crippen LogP contribution in [0.4, 0.5) is 0 Å². The van der Waals surface area contributed by atoms with Gasteiger partial charge in [0.05, 0.1) is 22.7 Å². The van der Waals surface area contributed by atoms with E-state index < -0.39 is 0 Å². The van der Waals surface area contributed by atoms with Gasteiger partial charge < -0.3 is 10.1 Å². The van der Waals surface area contributed by atoms with Crippen molar-refractivity contribution in [1.82, 2.24) is 14.9 Å². The van der Waals surface area contributed by atoms with E-state index in [1.165, 1.54) is 11.8 Å². The summed E-state index contributed by atoms with van der Waals surface area (Å²) in [6.45, 7) is 5.44. The highest BCUT2D eigenvalue weighted by Gasteiger charge is 2.16. The normalized spacial score (nSPS) is 12.1. The molecule has 2 aromatic carbocycles. The van der Waals surface area contributed by atoms with Gasteiger partial charge >= 0.3 is 0 Å². The molecule has 0 radical (unpaired) electrons. The molecule has 0 saturated heterocycles. The molecule has 0 spiro atoms. The smallest absolute Gasteiger partial charge is 0.262 e. The maximum absolute atomic E-state index is 13.0. The van der Waals surface area contributed by atoms with Crippen LogP contribution in [0.5, 0.6) is 0 Å². The summed E-state index contributed by atoms with van der Waals surface area (Å²) >= 11 is 13.4. The van der Waals surface area contributed by atoms with E-state index in [1.807, 2.05) is 26.0 Å². The van der Waals surface area contributed by atoms with Crippen molar-refractivity contribution in [3.05, 3.63) is 68.4 Å². The second-order valence-corrected chi connectivity index (χ2v) is 8.95. The van der Waals surface area contributed by atoms with Crippen molar-refractivity contribution in [2.24, 2.45) is 0 Å². The minimum atomic E-state index is -0.286. The minimum absolute atomic E-state index is 0.115. The molecule has 6 nitrogen and oxygen atoms in total. The Labute approximate surface area is 201 Å². The first-order chi connectivity index (χ1) is 15.4. The van der Waals surface area contributed by atoms with Crippen molar-refractivity contribution in [3.63, 3.8) is 0 Å². The second kappa shape index (κ2) is 11.7. The molecular weight excluding hydrogens is 469 g/mol. The third-order valence-corrected chi connectivity index (χ3v) is 6.38. The minimum Gasteiger partial charge on any atom is -0.382 e. The molecule has 32 heavy (non-hydrogen) atoms. The number of ether oxygens (including phenoxy) is 1. The summed E-state index contributed by atoms with van der Waals surface area (Å²) in [4.78, 5) is 30.3. The van der Waals surface area contributed by atoms with Crippen LogP contribution in [0, 0.1) is 0 Å². The van der Waals surface area contributed by atoms with Gasteiger partial charge in [0.2, 0.25) is 5.91 Å². The van der Waals surface area contributed by atoms with E-state index in [9.17, 15) is 9.59 Å². The first-order valence-electron chi connectivity index (χ1n) is 10.3. The molecule has 0 saturated carbocycles. The molecule has 0 aliphatic rings. The van der Waals surface area contributed by atoms with Crippen molar-refractivity contribution in [3.8, 4) is 0 Å². The number of amides is 1. The van der Waals surface area contributed by atoms with Crippen LogP contribution in [0.25, 0.3) is 10.9 Å². The number of carbonyl (C=O) groups excluding carboxylic acids is 1. The molecule has 9 heteroatoms. The van der Waals surface area contributed by atoms with Crippen LogP contribution < -0.4 is 10.9 Å². The molecule has 1 N–H and O–H groups in total. The third kappa shape index (κ3) is 6.25. The zero-order chi connectivity index (χ0) is 23.1. The first-order valence-corrected chi connectivity index (χ1v) is 12.1. The van der Waals surface area contributed by atoms with Crippen LogP contribution in [0.1, 0.15) is 31.9 Å². The Kier molecular flexibility index (Phi) is 8.99. The summed E-state index contributed by atoms with van der Waals surface area (Å²) in [5.41, 5.74) is 1.28. The molecule has 170 valence electrons. The molecule has 3 aromatic rings. The molecule has 0 fully saturated rings. The van der Waals surface area contributed by atoms with Crippen LogP contribution in [0.15, 0.2) is 52.4 Å². The fraction of sp³-hybridized carbons (Fsp3) is 0.348. The van der Waals surface area contributed by atoms with E-state index in [2.05, 4.69) is 10.3 Å². The van der Waals surface area contributed by atoms with Gasteiger partial charge in [0.25, 0.3) is 5.56 Å². The summed E-state index contributed by atoms with van der Waals surface area (Å²) in [6.07, 6.45) is 0.680. The number of thioether (sulfide) groups is 1. The second-order valence-electron chi connectivity index (χ2n) is 7.16. The number of hydrogen-bond acceptors (Lipinski definition) is 5. The van der Waals surface area contributed by atoms with Crippen LogP contribution in [-0.2, 0) is 16.1 Å². The summed E-state index contributed by atoms with van der Waals surface area (Å²) < 4.78 is 7.02. The number of halogens is 2. The number of fused-ring (bicyclic) bond motifs is 1. The summed E-state index contributed by atoms with van der Waals surface area (Å²) in [7, 11) is 0. The van der Waals surface area contributed by atoms with Crippen molar-refractivity contribution >= 4 is 51.8 Å². The fourth-order valence-electron chi connectivity index (χ4n) is 3.27. The van der Waals surface area contributed by atoms with Crippen molar-refractivity contribution < 1.29 is 9.53 Å². The predicted molar refractivity (Wildman–Crippen MR) is 131 cm³/mol. The zero-order valence-corrected chi connectivity index (χ0v) is 20.3. The van der Waals surface area contributed by atoms with Gasteiger partial charge in [-0.15, -0.1) is 0 Å². The molecule has 0 aliphatic carbocycles. The molecule has 0 bridgehead atoms. The van der Waals surface area contributed by atoms with Crippen LogP contribution in [0.2, 0.25) is 10.0 Å². The zero-order valence-electron chi connectivity index (χ0n) is 17.9. The van der Waals surface area contributed by atoms with Crippen LogP contribution in [-0.4, -0.2) is 34.4 Å². The van der Waals surface area contributed by atoms with E-state index in [0.717, 1.165) is 5.56 Å². The molecule has 1 aromatic heterocycles. The van der Waals surface area contributed by atoms with E-state index in [1.54, 1.807) is 34.9 Å². The van der Waals surface area contributed by atoms with Crippen molar-refractivity contribution in [1.29, 1.82) is 0 Å². The van der Waals surface area contributed by atoms with Crippen LogP contribution in [0.3, 0.4) is 0 Å². The molecule has 0 aliphatic heterocycles. The highest BCUT2D eigenvalue weighted by Crippen LogP contribution is 2.26. The Hall–Kier alpha value is -2.06. The molecule has 1 atom stereocenters. The quantitative estimate of drug-likeness (QED) is 0.241. The maximum Gasteiger partial charge on any atom is 0.262 e. The van der Waals surface area contributed by atoms with E-state index in [-0.39, 0.29) is 23.3 Å². The van der Waals surface area contributed by atoms with Gasteiger partial charge in [-0.25, -0.2) is 4.98 Å². The molecule has 1 heterocycles. The number of carbonyl (C=O) groups is 1. The molecular formula is C23H25Cl2N3O3S. The van der Waals surface area contributed by atoms with Gasteiger partial charge in [-0.2, -0.15) is 0 Å². The average Bonchev–Trinajstić information content (AvgIpc) is 2.76. The topological polar surface area (TPSA) is 73.2 Å². The Morgan fingerprint density at radius 1 is 1.25 bits per heavy atom. The van der Waals surface area contributed by atoms with Gasteiger partial charge in [-0.1, -0.05) is 53.2 Å². The number of aromatic nitrogens is 2. The Balaban J connectivity index is 1.73. The predicted octanol–water partition coefficient (Wildman–Crippen LogP) is 5.10. The first kappa shape index (κ1) is 24.6. The number of rotatable bonds is 10. The highest BCUT2D eigenvalue weighted by atomic mass is 35.5. The molecule has 3 rings (SSSR count). The Morgan fingerprint density at radius 2 is 2.03 bits per heavy atom. The SMILES string of the molecule is CCOCCCn1c(SCC(=O)NC(C)c2ccc(Cl)cc2Cl)nc2ccccc2c1=O. The summed E-state index contributed by atoms with van der Waals surface area (Å²) in [6, 6.07) is 12.1. The van der Waals surface area contributed by atoms with Gasteiger partial charge in [-0.3, -0.25) is 14.2 Å². The molecule has 1 unspecified atom stereocenters. The number of nitrogens with zero attached hydrogens (tertiary/aromatic N) is 2. The average molecular weight is 494 g/mol. The summed E-state index contributed by atoms with van der Waals surface area (Å²) in [5.74, 6) is -0.0667. The van der Waals surface area contributed by atoms with Crippen molar-refractivity contribution in [2.75, 3.05) is 19.0 Å². The monoisotopic (exact) mass is 493 g/mol. The van der Waals surface area contributed by atoms with Gasteiger partial charge in [0, 0.05) is 29.8 Å². The number of nitrogens with one attached hydrogen (secondary N) is 1. The van der Waals surface area contributed by atoms with E-state index in [4.69, 9.17) is 27.9 Å². The van der Waals surface area contributed by atoms with Crippen molar-refractivity contribution in [2.45, 2.75) is 38.0 Å². The lowest BCUT2D eigenvalue weighted by atomic mass is 10.1.